The normalized spacial score (nSPS) is 11.6. The number of hydrogen-bond donors (Lipinski definition) is 2. The summed E-state index contributed by atoms with van der Waals surface area (Å²) in [6.07, 6.45) is 5.51. The Balaban J connectivity index is 1.70. The number of methoxy groups -OCH3 is 1. The van der Waals surface area contributed by atoms with Crippen molar-refractivity contribution in [2.45, 2.75) is 26.0 Å². The smallest absolute Gasteiger partial charge is 0.121 e. The lowest BCUT2D eigenvalue weighted by molar-refractivity contribution is 0.0577. The van der Waals surface area contributed by atoms with Crippen molar-refractivity contribution in [3.63, 3.8) is 0 Å². The van der Waals surface area contributed by atoms with Crippen LogP contribution in [-0.2, 0) is 6.54 Å². The summed E-state index contributed by atoms with van der Waals surface area (Å²) < 4.78 is 8.26. The maximum atomic E-state index is 10.0. The number of ether oxygens (including phenoxy) is 1. The highest BCUT2D eigenvalue weighted by atomic mass is 79.9. The van der Waals surface area contributed by atoms with Crippen molar-refractivity contribution in [3.05, 3.63) is 65.5 Å². The van der Waals surface area contributed by atoms with Crippen LogP contribution in [0.2, 0.25) is 0 Å². The van der Waals surface area contributed by atoms with Crippen LogP contribution in [0.25, 0.3) is 22.0 Å². The fourth-order valence-corrected chi connectivity index (χ4v) is 3.70. The first-order valence-corrected chi connectivity index (χ1v) is 10.4. The SMILES string of the molecule is COc1cc(Nc2ccnc3ccc(Br)cc23)cc(-c2cnn(CC(C)(C)O)c2)c1. The van der Waals surface area contributed by atoms with Crippen LogP contribution in [-0.4, -0.2) is 32.6 Å². The van der Waals surface area contributed by atoms with Gasteiger partial charge in [0.15, 0.2) is 0 Å². The quantitative estimate of drug-likeness (QED) is 0.398. The number of benzene rings is 2. The minimum atomic E-state index is -0.832. The summed E-state index contributed by atoms with van der Waals surface area (Å²) in [5, 5.41) is 18.9. The molecule has 2 N–H and O–H groups in total. The first-order chi connectivity index (χ1) is 14.3. The van der Waals surface area contributed by atoms with Gasteiger partial charge in [0.2, 0.25) is 0 Å². The Hall–Kier alpha value is -2.90. The number of aromatic nitrogens is 3. The second-order valence-electron chi connectivity index (χ2n) is 7.83. The van der Waals surface area contributed by atoms with Crippen LogP contribution in [0.1, 0.15) is 13.8 Å². The molecular weight excluding hydrogens is 444 g/mol. The summed E-state index contributed by atoms with van der Waals surface area (Å²) in [6.45, 7) is 3.94. The lowest BCUT2D eigenvalue weighted by atomic mass is 10.1. The number of fused-ring (bicyclic) bond motifs is 1. The molecule has 0 aliphatic carbocycles. The van der Waals surface area contributed by atoms with E-state index in [1.807, 2.05) is 42.6 Å². The van der Waals surface area contributed by atoms with E-state index in [9.17, 15) is 5.11 Å². The number of hydrogen-bond acceptors (Lipinski definition) is 5. The van der Waals surface area contributed by atoms with Crippen molar-refractivity contribution in [1.29, 1.82) is 0 Å². The van der Waals surface area contributed by atoms with Gasteiger partial charge in [-0.25, -0.2) is 0 Å². The molecule has 0 aliphatic heterocycles. The van der Waals surface area contributed by atoms with Gasteiger partial charge in [-0.2, -0.15) is 5.10 Å². The van der Waals surface area contributed by atoms with Crippen LogP contribution in [0.3, 0.4) is 0 Å². The van der Waals surface area contributed by atoms with Gasteiger partial charge in [-0.1, -0.05) is 15.9 Å². The molecule has 0 amide bonds. The molecule has 0 aliphatic rings. The lowest BCUT2D eigenvalue weighted by Crippen LogP contribution is -2.26. The third-order valence-electron chi connectivity index (χ3n) is 4.64. The second-order valence-corrected chi connectivity index (χ2v) is 8.75. The van der Waals surface area contributed by atoms with Gasteiger partial charge in [0.05, 0.1) is 31.0 Å². The summed E-state index contributed by atoms with van der Waals surface area (Å²) in [4.78, 5) is 4.44. The van der Waals surface area contributed by atoms with Crippen LogP contribution in [0.15, 0.2) is 65.5 Å². The van der Waals surface area contributed by atoms with E-state index in [4.69, 9.17) is 4.74 Å². The topological polar surface area (TPSA) is 72.2 Å². The van der Waals surface area contributed by atoms with Gasteiger partial charge in [0.1, 0.15) is 5.75 Å². The van der Waals surface area contributed by atoms with Crippen molar-refractivity contribution >= 4 is 38.2 Å². The van der Waals surface area contributed by atoms with Gasteiger partial charge in [-0.05, 0) is 55.8 Å². The van der Waals surface area contributed by atoms with E-state index in [0.717, 1.165) is 43.6 Å². The maximum Gasteiger partial charge on any atom is 0.121 e. The molecule has 30 heavy (non-hydrogen) atoms. The molecule has 4 aromatic rings. The number of aliphatic hydroxyl groups is 1. The molecule has 2 aromatic heterocycles. The molecule has 0 saturated heterocycles. The molecule has 0 fully saturated rings. The van der Waals surface area contributed by atoms with E-state index in [0.29, 0.717) is 6.54 Å². The molecule has 0 saturated carbocycles. The van der Waals surface area contributed by atoms with Crippen LogP contribution in [0.4, 0.5) is 11.4 Å². The van der Waals surface area contributed by atoms with Gasteiger partial charge in [-0.3, -0.25) is 9.67 Å². The molecule has 0 spiro atoms. The van der Waals surface area contributed by atoms with E-state index in [-0.39, 0.29) is 0 Å². The first-order valence-electron chi connectivity index (χ1n) is 9.56. The van der Waals surface area contributed by atoms with E-state index in [2.05, 4.69) is 37.4 Å². The maximum absolute atomic E-state index is 10.0. The van der Waals surface area contributed by atoms with Crippen LogP contribution in [0.5, 0.6) is 5.75 Å². The standard InChI is InChI=1S/C23H23BrN4O2/c1-23(2,29)14-28-13-16(12-26-28)15-8-18(11-19(9-15)30-3)27-22-6-7-25-21-5-4-17(24)10-20(21)22/h4-13,29H,14H2,1-3H3,(H,25,27). The van der Waals surface area contributed by atoms with E-state index in [1.54, 1.807) is 38.0 Å². The first kappa shape index (κ1) is 20.4. The third kappa shape index (κ3) is 4.63. The van der Waals surface area contributed by atoms with E-state index in [1.165, 1.54) is 0 Å². The Labute approximate surface area is 183 Å². The molecule has 2 aromatic carbocycles. The Bertz CT molecular complexity index is 1200. The summed E-state index contributed by atoms with van der Waals surface area (Å²) in [7, 11) is 1.65. The average molecular weight is 467 g/mol. The molecule has 154 valence electrons. The summed E-state index contributed by atoms with van der Waals surface area (Å²) in [5.41, 5.74) is 3.85. The third-order valence-corrected chi connectivity index (χ3v) is 5.13. The zero-order valence-electron chi connectivity index (χ0n) is 17.1. The highest BCUT2D eigenvalue weighted by Crippen LogP contribution is 2.32. The predicted octanol–water partition coefficient (Wildman–Crippen LogP) is 5.38. The monoisotopic (exact) mass is 466 g/mol. The minimum Gasteiger partial charge on any atom is -0.497 e. The van der Waals surface area contributed by atoms with Crippen molar-refractivity contribution < 1.29 is 9.84 Å². The van der Waals surface area contributed by atoms with Crippen LogP contribution in [0, 0.1) is 0 Å². The summed E-state index contributed by atoms with van der Waals surface area (Å²) in [5.74, 6) is 0.741. The van der Waals surface area contributed by atoms with Crippen molar-refractivity contribution in [3.8, 4) is 16.9 Å². The van der Waals surface area contributed by atoms with Gasteiger partial charge in [0.25, 0.3) is 0 Å². The van der Waals surface area contributed by atoms with Gasteiger partial charge in [-0.15, -0.1) is 0 Å². The fourth-order valence-electron chi connectivity index (χ4n) is 3.33. The Morgan fingerprint density at radius 3 is 2.73 bits per heavy atom. The summed E-state index contributed by atoms with van der Waals surface area (Å²) in [6, 6.07) is 13.9. The Morgan fingerprint density at radius 1 is 1.13 bits per heavy atom. The molecule has 0 atom stereocenters. The number of nitrogens with one attached hydrogen (secondary N) is 1. The van der Waals surface area contributed by atoms with E-state index < -0.39 is 5.60 Å². The van der Waals surface area contributed by atoms with Crippen LogP contribution >= 0.6 is 15.9 Å². The number of halogens is 1. The molecule has 6 nitrogen and oxygen atoms in total. The van der Waals surface area contributed by atoms with E-state index >= 15 is 0 Å². The molecule has 0 bridgehead atoms. The molecule has 4 rings (SSSR count). The highest BCUT2D eigenvalue weighted by Gasteiger charge is 2.15. The molecule has 0 radical (unpaired) electrons. The van der Waals surface area contributed by atoms with Gasteiger partial charge >= 0.3 is 0 Å². The molecule has 0 unspecified atom stereocenters. The molecule has 2 heterocycles. The van der Waals surface area contributed by atoms with Gasteiger partial charge < -0.3 is 15.2 Å². The Kier molecular flexibility index (Phi) is 5.49. The van der Waals surface area contributed by atoms with Crippen molar-refractivity contribution in [2.75, 3.05) is 12.4 Å². The van der Waals surface area contributed by atoms with Gasteiger partial charge in [0, 0.05) is 45.3 Å². The fraction of sp³-hybridized carbons (Fsp3) is 0.217. The van der Waals surface area contributed by atoms with Crippen molar-refractivity contribution in [1.82, 2.24) is 14.8 Å². The number of rotatable bonds is 6. The number of anilines is 2. The minimum absolute atomic E-state index is 0.417. The second kappa shape index (κ2) is 8.08. The van der Waals surface area contributed by atoms with Crippen LogP contribution < -0.4 is 10.1 Å². The zero-order chi connectivity index (χ0) is 21.3. The summed E-state index contributed by atoms with van der Waals surface area (Å²) >= 11 is 3.54. The number of pyridine rings is 1. The largest absolute Gasteiger partial charge is 0.497 e. The molecular formula is C23H23BrN4O2. The number of nitrogens with zero attached hydrogens (tertiary/aromatic N) is 3. The molecule has 7 heteroatoms. The zero-order valence-corrected chi connectivity index (χ0v) is 18.6. The Morgan fingerprint density at radius 2 is 1.97 bits per heavy atom. The lowest BCUT2D eigenvalue weighted by Gasteiger charge is -2.16. The van der Waals surface area contributed by atoms with Crippen molar-refractivity contribution in [2.24, 2.45) is 0 Å². The average Bonchev–Trinajstić information content (AvgIpc) is 3.15. The highest BCUT2D eigenvalue weighted by molar-refractivity contribution is 9.10. The predicted molar refractivity (Wildman–Crippen MR) is 123 cm³/mol.